The highest BCUT2D eigenvalue weighted by atomic mass is 79.9. The largest absolute Gasteiger partial charge is 0.466 e. The Kier molecular flexibility index (Phi) is 4.98. The molecule has 90 valence electrons. The third kappa shape index (κ3) is 3.33. The number of carbonyl (C=O) groups is 1. The van der Waals surface area contributed by atoms with Crippen LogP contribution in [-0.2, 0) is 9.53 Å². The smallest absolute Gasteiger partial charge is 0.236 e. The predicted molar refractivity (Wildman–Crippen MR) is 62.8 cm³/mol. The van der Waals surface area contributed by atoms with Crippen LogP contribution in [0.15, 0.2) is 21.2 Å². The number of ether oxygens (including phenoxy) is 1. The highest BCUT2D eigenvalue weighted by Crippen LogP contribution is 2.24. The van der Waals surface area contributed by atoms with Crippen LogP contribution in [-0.4, -0.2) is 25.7 Å². The summed E-state index contributed by atoms with van der Waals surface area (Å²) in [5.74, 6) is 0.277. The van der Waals surface area contributed by atoms with Gasteiger partial charge >= 0.3 is 0 Å². The monoisotopic (exact) mass is 290 g/mol. The molecule has 0 aliphatic carbocycles. The topological polar surface area (TPSA) is 77.5 Å². The summed E-state index contributed by atoms with van der Waals surface area (Å²) in [4.78, 5) is 11.1. The van der Waals surface area contributed by atoms with Crippen molar-refractivity contribution in [3.8, 4) is 0 Å². The molecule has 0 radical (unpaired) electrons. The normalized spacial score (nSPS) is 14.7. The molecule has 2 unspecified atom stereocenters. The summed E-state index contributed by atoms with van der Waals surface area (Å²) in [6.45, 7) is 2.12. The number of rotatable bonds is 6. The first-order chi connectivity index (χ1) is 7.56. The minimum atomic E-state index is -0.531. The number of primary amides is 1. The minimum absolute atomic E-state index is 0.128. The van der Waals surface area contributed by atoms with E-state index in [1.165, 1.54) is 7.11 Å². The van der Waals surface area contributed by atoms with Gasteiger partial charge in [0.15, 0.2) is 0 Å². The lowest BCUT2D eigenvalue weighted by Gasteiger charge is -2.19. The molecule has 3 N–H and O–H groups in total. The van der Waals surface area contributed by atoms with Crippen LogP contribution >= 0.6 is 15.9 Å². The Labute approximate surface area is 102 Å². The van der Waals surface area contributed by atoms with Crippen LogP contribution in [0.3, 0.4) is 0 Å². The van der Waals surface area contributed by atoms with Crippen LogP contribution < -0.4 is 11.1 Å². The molecule has 2 atom stereocenters. The van der Waals surface area contributed by atoms with Gasteiger partial charge in [0.25, 0.3) is 0 Å². The first-order valence-corrected chi connectivity index (χ1v) is 5.62. The molecule has 1 aromatic heterocycles. The van der Waals surface area contributed by atoms with Crippen molar-refractivity contribution in [1.82, 2.24) is 5.32 Å². The van der Waals surface area contributed by atoms with Gasteiger partial charge in [-0.05, 0) is 28.9 Å². The van der Waals surface area contributed by atoms with Gasteiger partial charge in [-0.1, -0.05) is 0 Å². The van der Waals surface area contributed by atoms with Gasteiger partial charge in [0.1, 0.15) is 11.8 Å². The van der Waals surface area contributed by atoms with Gasteiger partial charge in [-0.15, -0.1) is 0 Å². The quantitative estimate of drug-likeness (QED) is 0.825. The van der Waals surface area contributed by atoms with Crippen molar-refractivity contribution in [1.29, 1.82) is 0 Å². The van der Waals surface area contributed by atoms with E-state index in [2.05, 4.69) is 21.2 Å². The number of halogens is 1. The molecule has 1 amide bonds. The standard InChI is InChI=1S/C10H15BrN2O3/c1-6(9-7(11)3-4-16-9)13-8(5-15-2)10(12)14/h3-4,6,8,13H,5H2,1-2H3,(H2,12,14). The molecule has 1 heterocycles. The van der Waals surface area contributed by atoms with E-state index < -0.39 is 11.9 Å². The first kappa shape index (κ1) is 13.2. The molecule has 1 rings (SSSR count). The van der Waals surface area contributed by atoms with Crippen molar-refractivity contribution < 1.29 is 13.9 Å². The van der Waals surface area contributed by atoms with E-state index >= 15 is 0 Å². The number of nitrogens with one attached hydrogen (secondary N) is 1. The number of nitrogens with two attached hydrogens (primary N) is 1. The maximum atomic E-state index is 11.1. The molecule has 0 fully saturated rings. The van der Waals surface area contributed by atoms with E-state index in [-0.39, 0.29) is 12.6 Å². The van der Waals surface area contributed by atoms with E-state index in [4.69, 9.17) is 14.9 Å². The van der Waals surface area contributed by atoms with Crippen molar-refractivity contribution >= 4 is 21.8 Å². The van der Waals surface area contributed by atoms with Crippen LogP contribution in [0.1, 0.15) is 18.7 Å². The van der Waals surface area contributed by atoms with Gasteiger partial charge < -0.3 is 14.9 Å². The molecular weight excluding hydrogens is 276 g/mol. The summed E-state index contributed by atoms with van der Waals surface area (Å²) < 4.78 is 11.0. The number of furan rings is 1. The van der Waals surface area contributed by atoms with Gasteiger partial charge in [-0.25, -0.2) is 0 Å². The van der Waals surface area contributed by atoms with Crippen molar-refractivity contribution in [2.45, 2.75) is 19.0 Å². The van der Waals surface area contributed by atoms with Crippen molar-refractivity contribution in [2.24, 2.45) is 5.73 Å². The zero-order chi connectivity index (χ0) is 12.1. The zero-order valence-corrected chi connectivity index (χ0v) is 10.8. The second-order valence-electron chi connectivity index (χ2n) is 3.43. The molecule has 0 aliphatic heterocycles. The molecule has 5 nitrogen and oxygen atoms in total. The number of carbonyl (C=O) groups excluding carboxylic acids is 1. The molecular formula is C10H15BrN2O3. The predicted octanol–water partition coefficient (Wildman–Crippen LogP) is 1.19. The second kappa shape index (κ2) is 6.03. The van der Waals surface area contributed by atoms with E-state index in [1.807, 2.05) is 6.92 Å². The molecule has 16 heavy (non-hydrogen) atoms. The van der Waals surface area contributed by atoms with Crippen LogP contribution in [0, 0.1) is 0 Å². The van der Waals surface area contributed by atoms with Gasteiger partial charge in [0.05, 0.1) is 23.4 Å². The second-order valence-corrected chi connectivity index (χ2v) is 4.29. The maximum absolute atomic E-state index is 11.1. The Bertz CT molecular complexity index is 354. The molecule has 0 aromatic carbocycles. The fraction of sp³-hybridized carbons (Fsp3) is 0.500. The summed E-state index contributed by atoms with van der Waals surface area (Å²) >= 11 is 3.35. The van der Waals surface area contributed by atoms with Crippen LogP contribution in [0.4, 0.5) is 0 Å². The molecule has 1 aromatic rings. The Morgan fingerprint density at radius 3 is 2.88 bits per heavy atom. The lowest BCUT2D eigenvalue weighted by atomic mass is 10.2. The van der Waals surface area contributed by atoms with Gasteiger partial charge in [-0.2, -0.15) is 0 Å². The zero-order valence-electron chi connectivity index (χ0n) is 9.20. The highest BCUT2D eigenvalue weighted by Gasteiger charge is 2.21. The average molecular weight is 291 g/mol. The van der Waals surface area contributed by atoms with E-state index in [0.29, 0.717) is 0 Å². The Morgan fingerprint density at radius 1 is 1.75 bits per heavy atom. The summed E-state index contributed by atoms with van der Waals surface area (Å²) in [5, 5.41) is 3.04. The van der Waals surface area contributed by atoms with Gasteiger partial charge in [0.2, 0.25) is 5.91 Å². The average Bonchev–Trinajstić information content (AvgIpc) is 2.63. The Balaban J connectivity index is 2.65. The van der Waals surface area contributed by atoms with Gasteiger partial charge in [-0.3, -0.25) is 10.1 Å². The highest BCUT2D eigenvalue weighted by molar-refractivity contribution is 9.10. The van der Waals surface area contributed by atoms with Crippen molar-refractivity contribution in [2.75, 3.05) is 13.7 Å². The van der Waals surface area contributed by atoms with Crippen molar-refractivity contribution in [3.05, 3.63) is 22.6 Å². The van der Waals surface area contributed by atoms with Crippen LogP contribution in [0.25, 0.3) is 0 Å². The Hall–Kier alpha value is -0.850. The number of hydrogen-bond donors (Lipinski definition) is 2. The summed E-state index contributed by atoms with van der Waals surface area (Å²) in [6.07, 6.45) is 1.58. The van der Waals surface area contributed by atoms with Gasteiger partial charge in [0, 0.05) is 7.11 Å². The summed E-state index contributed by atoms with van der Waals surface area (Å²) in [6, 6.07) is 1.14. The maximum Gasteiger partial charge on any atom is 0.236 e. The number of methoxy groups -OCH3 is 1. The molecule has 0 aliphatic rings. The molecule has 0 saturated heterocycles. The SMILES string of the molecule is COCC(NC(C)c1occc1Br)C(N)=O. The Morgan fingerprint density at radius 2 is 2.44 bits per heavy atom. The summed E-state index contributed by atoms with van der Waals surface area (Å²) in [5.41, 5.74) is 5.24. The lowest BCUT2D eigenvalue weighted by molar-refractivity contribution is -0.121. The number of hydrogen-bond acceptors (Lipinski definition) is 4. The number of amides is 1. The lowest BCUT2D eigenvalue weighted by Crippen LogP contribution is -2.45. The fourth-order valence-corrected chi connectivity index (χ4v) is 1.92. The van der Waals surface area contributed by atoms with E-state index in [0.717, 1.165) is 10.2 Å². The van der Waals surface area contributed by atoms with E-state index in [1.54, 1.807) is 12.3 Å². The first-order valence-electron chi connectivity index (χ1n) is 4.83. The van der Waals surface area contributed by atoms with Crippen LogP contribution in [0.2, 0.25) is 0 Å². The molecule has 6 heteroatoms. The third-order valence-electron chi connectivity index (χ3n) is 2.17. The van der Waals surface area contributed by atoms with Crippen molar-refractivity contribution in [3.63, 3.8) is 0 Å². The van der Waals surface area contributed by atoms with E-state index in [9.17, 15) is 4.79 Å². The van der Waals surface area contributed by atoms with Crippen LogP contribution in [0.5, 0.6) is 0 Å². The minimum Gasteiger partial charge on any atom is -0.466 e. The fourth-order valence-electron chi connectivity index (χ4n) is 1.37. The molecule has 0 spiro atoms. The molecule has 0 saturated carbocycles. The third-order valence-corrected chi connectivity index (χ3v) is 2.82. The summed E-state index contributed by atoms with van der Waals surface area (Å²) in [7, 11) is 1.52. The molecule has 0 bridgehead atoms.